The van der Waals surface area contributed by atoms with E-state index in [-0.39, 0.29) is 0 Å². The Morgan fingerprint density at radius 1 is 0.667 bits per heavy atom. The summed E-state index contributed by atoms with van der Waals surface area (Å²) < 4.78 is 0. The van der Waals surface area contributed by atoms with Gasteiger partial charge in [0.1, 0.15) is 0 Å². The Balaban J connectivity index is 2.87. The van der Waals surface area contributed by atoms with Crippen LogP contribution in [0.25, 0.3) is 0 Å². The number of hydrazine groups is 11. The quantitative estimate of drug-likeness (QED) is 0.0921. The van der Waals surface area contributed by atoms with Crippen LogP contribution in [0.3, 0.4) is 0 Å². The predicted molar refractivity (Wildman–Crippen MR) is 53.8 cm³/mol. The highest BCUT2D eigenvalue weighted by Gasteiger charge is 1.87. The van der Waals surface area contributed by atoms with Crippen LogP contribution in [-0.2, 0) is 0 Å². The van der Waals surface area contributed by atoms with Gasteiger partial charge in [0, 0.05) is 6.04 Å². The summed E-state index contributed by atoms with van der Waals surface area (Å²) in [6, 6.07) is 0.325. The summed E-state index contributed by atoms with van der Waals surface area (Å²) in [5, 5.41) is 0. The van der Waals surface area contributed by atoms with E-state index in [0.717, 1.165) is 0 Å². The van der Waals surface area contributed by atoms with E-state index in [1.54, 1.807) is 0 Å². The zero-order valence-electron chi connectivity index (χ0n) is 8.65. The Morgan fingerprint density at radius 2 is 1.07 bits per heavy atom. The molecular weight excluding hydrogens is 204 g/mol. The van der Waals surface area contributed by atoms with E-state index in [0.29, 0.717) is 6.04 Å². The van der Waals surface area contributed by atoms with Gasteiger partial charge >= 0.3 is 0 Å². The van der Waals surface area contributed by atoms with Gasteiger partial charge in [-0.15, -0.1) is 0 Å². The standard InChI is InChI=1S/C3H20N12/c1-3(2)5-7-9-11-13-15-14-12-10-8-6-4/h3,5-15H,4H2,1-2H3. The average molecular weight is 224 g/mol. The lowest BCUT2D eigenvalue weighted by Gasteiger charge is -2.14. The zero-order chi connectivity index (χ0) is 11.4. The number of rotatable bonds is 11. The summed E-state index contributed by atoms with van der Waals surface area (Å²) in [6.45, 7) is 3.99. The van der Waals surface area contributed by atoms with Crippen LogP contribution in [0.15, 0.2) is 0 Å². The molecule has 0 unspecified atom stereocenters. The molecule has 0 fully saturated rings. The van der Waals surface area contributed by atoms with Crippen LogP contribution < -0.4 is 66.6 Å². The summed E-state index contributed by atoms with van der Waals surface area (Å²) in [5.74, 6) is 4.88. The van der Waals surface area contributed by atoms with Crippen molar-refractivity contribution in [2.45, 2.75) is 19.9 Å². The van der Waals surface area contributed by atoms with Crippen molar-refractivity contribution in [2.75, 3.05) is 0 Å². The van der Waals surface area contributed by atoms with E-state index in [4.69, 9.17) is 5.84 Å². The molecule has 0 bridgehead atoms. The number of nitrogens with one attached hydrogen (secondary N) is 11. The van der Waals surface area contributed by atoms with Crippen molar-refractivity contribution in [1.82, 2.24) is 60.8 Å². The molecule has 92 valence electrons. The molecule has 0 saturated carbocycles. The lowest BCUT2D eigenvalue weighted by atomic mass is 10.4. The van der Waals surface area contributed by atoms with Crippen molar-refractivity contribution < 1.29 is 0 Å². The monoisotopic (exact) mass is 224 g/mol. The molecular formula is C3H20N12. The normalized spacial score (nSPS) is 11.2. The van der Waals surface area contributed by atoms with Crippen molar-refractivity contribution in [3.63, 3.8) is 0 Å². The molecule has 0 aliphatic rings. The van der Waals surface area contributed by atoms with E-state index < -0.39 is 0 Å². The van der Waals surface area contributed by atoms with Gasteiger partial charge in [-0.3, -0.25) is 5.84 Å². The third-order valence-corrected chi connectivity index (χ3v) is 0.933. The van der Waals surface area contributed by atoms with E-state index in [2.05, 4.69) is 60.8 Å². The van der Waals surface area contributed by atoms with Gasteiger partial charge in [-0.1, -0.05) is 0 Å². The van der Waals surface area contributed by atoms with Crippen molar-refractivity contribution in [3.05, 3.63) is 0 Å². The highest BCUT2D eigenvalue weighted by atomic mass is 16.0. The van der Waals surface area contributed by atoms with Crippen molar-refractivity contribution in [1.29, 1.82) is 0 Å². The predicted octanol–water partition coefficient (Wildman–Crippen LogP) is -5.10. The van der Waals surface area contributed by atoms with Crippen LogP contribution >= 0.6 is 0 Å². The Labute approximate surface area is 87.5 Å². The van der Waals surface area contributed by atoms with Gasteiger partial charge in [-0.05, 0) is 13.8 Å². The molecule has 13 N–H and O–H groups in total. The van der Waals surface area contributed by atoms with Gasteiger partial charge < -0.3 is 0 Å². The van der Waals surface area contributed by atoms with Crippen molar-refractivity contribution >= 4 is 0 Å². The Hall–Kier alpha value is -0.480. The maximum Gasteiger partial charge on any atom is 0.0170 e. The topological polar surface area (TPSA) is 158 Å². The second kappa shape index (κ2) is 11.6. The van der Waals surface area contributed by atoms with Crippen LogP contribution in [0, 0.1) is 0 Å². The minimum atomic E-state index is 0.325. The smallest absolute Gasteiger partial charge is 0.0170 e. The van der Waals surface area contributed by atoms with Gasteiger partial charge in [0.2, 0.25) is 0 Å². The minimum absolute atomic E-state index is 0.325. The van der Waals surface area contributed by atoms with Crippen molar-refractivity contribution in [3.8, 4) is 0 Å². The molecule has 0 spiro atoms. The first-order valence-electron chi connectivity index (χ1n) is 4.23. The molecule has 0 saturated heterocycles. The minimum Gasteiger partial charge on any atom is -0.257 e. The van der Waals surface area contributed by atoms with Crippen LogP contribution in [0.4, 0.5) is 0 Å². The third-order valence-electron chi connectivity index (χ3n) is 0.933. The lowest BCUT2D eigenvalue weighted by Crippen LogP contribution is -2.66. The van der Waals surface area contributed by atoms with E-state index in [1.807, 2.05) is 13.8 Å². The first-order valence-corrected chi connectivity index (χ1v) is 4.23. The molecule has 0 radical (unpaired) electrons. The van der Waals surface area contributed by atoms with Gasteiger partial charge in [-0.25, -0.2) is 5.43 Å². The summed E-state index contributed by atoms with van der Waals surface area (Å²) in [4.78, 5) is 0. The summed E-state index contributed by atoms with van der Waals surface area (Å²) in [5.41, 5.74) is 27.6. The fourth-order valence-corrected chi connectivity index (χ4v) is 0.435. The molecule has 0 heterocycles. The zero-order valence-corrected chi connectivity index (χ0v) is 8.65. The molecule has 0 aromatic rings. The highest BCUT2D eigenvalue weighted by molar-refractivity contribution is 4.41. The fraction of sp³-hybridized carbons (Fsp3) is 1.00. The Bertz CT molecular complexity index is 115. The lowest BCUT2D eigenvalue weighted by molar-refractivity contribution is 0.222. The van der Waals surface area contributed by atoms with Crippen LogP contribution in [0.1, 0.15) is 13.8 Å². The molecule has 12 heteroatoms. The number of hydrogen-bond donors (Lipinski definition) is 12. The molecule has 12 nitrogen and oxygen atoms in total. The van der Waals surface area contributed by atoms with Gasteiger partial charge in [-0.2, -0.15) is 55.3 Å². The molecule has 0 aromatic heterocycles. The third kappa shape index (κ3) is 13.5. The number of hydrogen-bond acceptors (Lipinski definition) is 12. The van der Waals surface area contributed by atoms with E-state index >= 15 is 0 Å². The van der Waals surface area contributed by atoms with Crippen LogP contribution in [0.2, 0.25) is 0 Å². The average Bonchev–Trinajstić information content (AvgIpc) is 2.20. The van der Waals surface area contributed by atoms with E-state index in [9.17, 15) is 0 Å². The molecule has 0 aliphatic carbocycles. The maximum atomic E-state index is 4.88. The summed E-state index contributed by atoms with van der Waals surface area (Å²) in [7, 11) is 0. The Morgan fingerprint density at radius 3 is 1.47 bits per heavy atom. The second-order valence-corrected chi connectivity index (χ2v) is 2.57. The second-order valence-electron chi connectivity index (χ2n) is 2.57. The first-order chi connectivity index (χ1) is 7.27. The van der Waals surface area contributed by atoms with Gasteiger partial charge in [0.15, 0.2) is 0 Å². The molecule has 0 aromatic carbocycles. The Kier molecular flexibility index (Phi) is 11.2. The highest BCUT2D eigenvalue weighted by Crippen LogP contribution is 1.66. The summed E-state index contributed by atoms with van der Waals surface area (Å²) in [6.07, 6.45) is 0. The maximum absolute atomic E-state index is 4.88. The van der Waals surface area contributed by atoms with Crippen LogP contribution in [-0.4, -0.2) is 6.04 Å². The largest absolute Gasteiger partial charge is 0.257 e. The fourth-order valence-electron chi connectivity index (χ4n) is 0.435. The first kappa shape index (κ1) is 14.5. The molecule has 15 heavy (non-hydrogen) atoms. The summed E-state index contributed by atoms with van der Waals surface area (Å²) >= 11 is 0. The molecule has 0 aliphatic heterocycles. The van der Waals surface area contributed by atoms with E-state index in [1.165, 1.54) is 0 Å². The molecule has 0 atom stereocenters. The van der Waals surface area contributed by atoms with Crippen molar-refractivity contribution in [2.24, 2.45) is 5.84 Å². The SMILES string of the molecule is CC(C)NNNNNNNNNNNN. The van der Waals surface area contributed by atoms with Crippen LogP contribution in [0.5, 0.6) is 0 Å². The molecule has 0 amide bonds. The number of nitrogens with two attached hydrogens (primary N) is 1. The van der Waals surface area contributed by atoms with Gasteiger partial charge in [0.05, 0.1) is 0 Å². The molecule has 0 rings (SSSR count). The van der Waals surface area contributed by atoms with Gasteiger partial charge in [0.25, 0.3) is 0 Å².